The van der Waals surface area contributed by atoms with E-state index >= 15 is 0 Å². The largest absolute Gasteiger partial charge is 0.455 e. The van der Waals surface area contributed by atoms with Gasteiger partial charge in [-0.25, -0.2) is 4.98 Å². The fourth-order valence-corrected chi connectivity index (χ4v) is 7.33. The zero-order chi connectivity index (χ0) is 30.9. The Balaban J connectivity index is 1.12. The smallest absolute Gasteiger partial charge is 0.143 e. The second-order valence-corrected chi connectivity index (χ2v) is 12.1. The molecule has 0 unspecified atom stereocenters. The predicted molar refractivity (Wildman–Crippen MR) is 196 cm³/mol. The topological polar surface area (TPSA) is 38.9 Å². The van der Waals surface area contributed by atoms with Crippen LogP contribution in [0.2, 0.25) is 0 Å². The van der Waals surface area contributed by atoms with Crippen molar-refractivity contribution in [1.82, 2.24) is 9.97 Å². The van der Waals surface area contributed by atoms with Gasteiger partial charge in [-0.05, 0) is 50.4 Å². The Bertz CT molecular complexity index is 2810. The van der Waals surface area contributed by atoms with E-state index in [4.69, 9.17) is 14.4 Å². The van der Waals surface area contributed by atoms with Gasteiger partial charge in [0.2, 0.25) is 0 Å². The highest BCUT2D eigenvalue weighted by atomic mass is 16.3. The zero-order valence-corrected chi connectivity index (χ0v) is 25.3. The van der Waals surface area contributed by atoms with E-state index in [0.29, 0.717) is 0 Å². The molecule has 0 bridgehead atoms. The number of benzene rings is 8. The molecule has 2 aromatic heterocycles. The highest BCUT2D eigenvalue weighted by Gasteiger charge is 2.18. The summed E-state index contributed by atoms with van der Waals surface area (Å²) in [6.07, 6.45) is 1.90. The molecule has 0 spiro atoms. The van der Waals surface area contributed by atoms with Gasteiger partial charge in [-0.1, -0.05) is 140 Å². The van der Waals surface area contributed by atoms with Crippen LogP contribution >= 0.6 is 0 Å². The van der Waals surface area contributed by atoms with E-state index in [1.165, 1.54) is 21.5 Å². The fourth-order valence-electron chi connectivity index (χ4n) is 7.33. The summed E-state index contributed by atoms with van der Waals surface area (Å²) in [6, 6.07) is 53.4. The van der Waals surface area contributed by atoms with Gasteiger partial charge in [0.15, 0.2) is 0 Å². The highest BCUT2D eigenvalue weighted by molar-refractivity contribution is 6.24. The van der Waals surface area contributed by atoms with Crippen molar-refractivity contribution in [3.63, 3.8) is 0 Å². The highest BCUT2D eigenvalue weighted by Crippen LogP contribution is 2.43. The summed E-state index contributed by atoms with van der Waals surface area (Å²) >= 11 is 0. The summed E-state index contributed by atoms with van der Waals surface area (Å²) in [7, 11) is 0. The number of nitrogens with zero attached hydrogens (tertiary/aromatic N) is 2. The summed E-state index contributed by atoms with van der Waals surface area (Å²) in [6.45, 7) is 0. The Morgan fingerprint density at radius 3 is 1.77 bits per heavy atom. The molecule has 0 radical (unpaired) electrons. The fraction of sp³-hybridized carbons (Fsp3) is 0. The molecule has 0 aliphatic heterocycles. The van der Waals surface area contributed by atoms with Crippen LogP contribution in [0, 0.1) is 0 Å². The molecule has 218 valence electrons. The minimum Gasteiger partial charge on any atom is -0.455 e. The van der Waals surface area contributed by atoms with E-state index in [1.807, 2.05) is 12.3 Å². The lowest BCUT2D eigenvalue weighted by atomic mass is 9.91. The van der Waals surface area contributed by atoms with Crippen LogP contribution in [-0.2, 0) is 0 Å². The number of furan rings is 1. The molecular formula is C44H26N2O. The third-order valence-corrected chi connectivity index (χ3v) is 9.51. The number of fused-ring (bicyclic) bond motifs is 11. The third kappa shape index (κ3) is 3.93. The number of hydrogen-bond acceptors (Lipinski definition) is 3. The average Bonchev–Trinajstić information content (AvgIpc) is 3.55. The van der Waals surface area contributed by atoms with Gasteiger partial charge in [-0.3, -0.25) is 4.98 Å². The van der Waals surface area contributed by atoms with Crippen LogP contribution in [0.15, 0.2) is 162 Å². The number of para-hydroxylation sites is 1. The molecule has 0 saturated heterocycles. The Morgan fingerprint density at radius 1 is 0.426 bits per heavy atom. The van der Waals surface area contributed by atoms with E-state index in [9.17, 15) is 0 Å². The Morgan fingerprint density at radius 2 is 1.00 bits per heavy atom. The minimum atomic E-state index is 0.858. The molecule has 0 amide bonds. The van der Waals surface area contributed by atoms with Crippen LogP contribution in [0.1, 0.15) is 0 Å². The molecule has 3 nitrogen and oxygen atoms in total. The standard InChI is InChI=1S/C44H26N2O/c1-2-13-31-29(11-1)25-38(44-41(31)37-19-9-10-20-40(37)47-44)32-14-4-3-12-30(32)27-21-23-28(24-22-27)39-26-45-42-35-17-7-5-15-33(35)34-16-6-8-18-36(34)43(42)46-39/h1-26H. The second-order valence-electron chi connectivity index (χ2n) is 12.1. The van der Waals surface area contributed by atoms with E-state index in [-0.39, 0.29) is 0 Å². The first-order chi connectivity index (χ1) is 23.3. The van der Waals surface area contributed by atoms with Gasteiger partial charge >= 0.3 is 0 Å². The molecule has 0 fully saturated rings. The Kier molecular flexibility index (Phi) is 5.57. The van der Waals surface area contributed by atoms with Gasteiger partial charge in [-0.15, -0.1) is 0 Å². The summed E-state index contributed by atoms with van der Waals surface area (Å²) in [5, 5.41) is 9.34. The van der Waals surface area contributed by atoms with Crippen LogP contribution in [0.3, 0.4) is 0 Å². The third-order valence-electron chi connectivity index (χ3n) is 9.51. The summed E-state index contributed by atoms with van der Waals surface area (Å²) in [4.78, 5) is 10.2. The van der Waals surface area contributed by atoms with Crippen LogP contribution in [0.5, 0.6) is 0 Å². The molecule has 8 aromatic carbocycles. The van der Waals surface area contributed by atoms with Gasteiger partial charge < -0.3 is 4.42 Å². The molecule has 0 aliphatic rings. The number of rotatable bonds is 3. The van der Waals surface area contributed by atoms with E-state index in [1.54, 1.807) is 0 Å². The van der Waals surface area contributed by atoms with Gasteiger partial charge in [-0.2, -0.15) is 0 Å². The molecule has 0 saturated carbocycles. The normalized spacial score (nSPS) is 11.8. The van der Waals surface area contributed by atoms with Crippen molar-refractivity contribution >= 4 is 65.3 Å². The number of aromatic nitrogens is 2. The molecule has 10 aromatic rings. The lowest BCUT2D eigenvalue weighted by molar-refractivity contribution is 0.670. The molecule has 47 heavy (non-hydrogen) atoms. The lowest BCUT2D eigenvalue weighted by Gasteiger charge is -2.13. The van der Waals surface area contributed by atoms with Crippen molar-refractivity contribution in [2.45, 2.75) is 0 Å². The van der Waals surface area contributed by atoms with Gasteiger partial charge in [0.05, 0.1) is 22.9 Å². The first-order valence-electron chi connectivity index (χ1n) is 15.9. The van der Waals surface area contributed by atoms with E-state index in [0.717, 1.165) is 77.3 Å². The van der Waals surface area contributed by atoms with Crippen molar-refractivity contribution in [2.75, 3.05) is 0 Å². The van der Waals surface area contributed by atoms with Crippen LogP contribution in [-0.4, -0.2) is 9.97 Å². The molecule has 0 atom stereocenters. The van der Waals surface area contributed by atoms with Crippen LogP contribution in [0.25, 0.3) is 98.8 Å². The monoisotopic (exact) mass is 598 g/mol. The maximum Gasteiger partial charge on any atom is 0.143 e. The number of hydrogen-bond donors (Lipinski definition) is 0. The first kappa shape index (κ1) is 26.0. The van der Waals surface area contributed by atoms with Crippen molar-refractivity contribution in [3.8, 4) is 33.5 Å². The quantitative estimate of drug-likeness (QED) is 0.190. The molecular weight excluding hydrogens is 572 g/mol. The van der Waals surface area contributed by atoms with Crippen LogP contribution < -0.4 is 0 Å². The lowest BCUT2D eigenvalue weighted by Crippen LogP contribution is -1.92. The molecule has 10 rings (SSSR count). The van der Waals surface area contributed by atoms with Crippen molar-refractivity contribution in [3.05, 3.63) is 158 Å². The van der Waals surface area contributed by atoms with Crippen molar-refractivity contribution < 1.29 is 4.42 Å². The minimum absolute atomic E-state index is 0.858. The van der Waals surface area contributed by atoms with Gasteiger partial charge in [0.1, 0.15) is 11.2 Å². The van der Waals surface area contributed by atoms with Gasteiger partial charge in [0, 0.05) is 32.7 Å². The summed E-state index contributed by atoms with van der Waals surface area (Å²) < 4.78 is 6.59. The van der Waals surface area contributed by atoms with Crippen molar-refractivity contribution in [2.24, 2.45) is 0 Å². The molecule has 3 heteroatoms. The molecule has 2 heterocycles. The van der Waals surface area contributed by atoms with Gasteiger partial charge in [0.25, 0.3) is 0 Å². The summed E-state index contributed by atoms with van der Waals surface area (Å²) in [5.74, 6) is 0. The first-order valence-corrected chi connectivity index (χ1v) is 15.9. The maximum atomic E-state index is 6.59. The Labute approximate surface area is 270 Å². The molecule has 0 aliphatic carbocycles. The van der Waals surface area contributed by atoms with E-state index < -0.39 is 0 Å². The zero-order valence-electron chi connectivity index (χ0n) is 25.3. The van der Waals surface area contributed by atoms with E-state index in [2.05, 4.69) is 146 Å². The molecule has 0 N–H and O–H groups in total. The average molecular weight is 599 g/mol. The van der Waals surface area contributed by atoms with Crippen LogP contribution in [0.4, 0.5) is 0 Å². The summed E-state index contributed by atoms with van der Waals surface area (Å²) in [5.41, 5.74) is 10.1. The second kappa shape index (κ2) is 10.1. The predicted octanol–water partition coefficient (Wildman–Crippen LogP) is 12.0. The maximum absolute atomic E-state index is 6.59. The Hall–Kier alpha value is -6.32. The van der Waals surface area contributed by atoms with Crippen molar-refractivity contribution in [1.29, 1.82) is 0 Å². The SMILES string of the molecule is c1ccc(-c2cc3ccccc3c3c2oc2ccccc23)c(-c2ccc(-c3cnc4c5ccccc5c5ccccc5c4n3)cc2)c1.